The number of fused-ring (bicyclic) bond motifs is 1. The van der Waals surface area contributed by atoms with Crippen LogP contribution in [0, 0.1) is 0 Å². The van der Waals surface area contributed by atoms with Crippen LogP contribution in [0.3, 0.4) is 0 Å². The Morgan fingerprint density at radius 3 is 2.76 bits per heavy atom. The SMILES string of the molecule is CC(=O)N1CCc2cc(C(=O)[C@@H](C)OC(=O)Cc3ccsc3)ccc21. The number of anilines is 1. The highest BCUT2D eigenvalue weighted by molar-refractivity contribution is 7.08. The minimum Gasteiger partial charge on any atom is -0.454 e. The molecule has 0 saturated heterocycles. The van der Waals surface area contributed by atoms with Gasteiger partial charge in [0.25, 0.3) is 0 Å². The summed E-state index contributed by atoms with van der Waals surface area (Å²) in [4.78, 5) is 37.8. The van der Waals surface area contributed by atoms with Gasteiger partial charge in [-0.3, -0.25) is 14.4 Å². The van der Waals surface area contributed by atoms with Gasteiger partial charge in [-0.2, -0.15) is 11.3 Å². The van der Waals surface area contributed by atoms with Gasteiger partial charge in [-0.1, -0.05) is 0 Å². The van der Waals surface area contributed by atoms with Gasteiger partial charge in [-0.15, -0.1) is 0 Å². The lowest BCUT2D eigenvalue weighted by atomic mass is 10.0. The molecule has 1 aliphatic rings. The van der Waals surface area contributed by atoms with Crippen LogP contribution in [-0.4, -0.2) is 30.3 Å². The Balaban J connectivity index is 1.66. The molecular formula is C19H19NO4S. The van der Waals surface area contributed by atoms with Crippen molar-refractivity contribution in [3.63, 3.8) is 0 Å². The lowest BCUT2D eigenvalue weighted by Gasteiger charge is -2.16. The van der Waals surface area contributed by atoms with Crippen molar-refractivity contribution in [1.82, 2.24) is 0 Å². The first-order valence-corrected chi connectivity index (χ1v) is 9.06. The van der Waals surface area contributed by atoms with E-state index in [0.717, 1.165) is 23.2 Å². The van der Waals surface area contributed by atoms with Gasteiger partial charge in [0.1, 0.15) is 0 Å². The summed E-state index contributed by atoms with van der Waals surface area (Å²) in [6, 6.07) is 7.13. The first-order valence-electron chi connectivity index (χ1n) is 8.11. The molecule has 0 radical (unpaired) electrons. The maximum Gasteiger partial charge on any atom is 0.311 e. The maximum absolute atomic E-state index is 12.5. The molecule has 0 N–H and O–H groups in total. The predicted molar refractivity (Wildman–Crippen MR) is 96.1 cm³/mol. The third kappa shape index (κ3) is 3.79. The van der Waals surface area contributed by atoms with Crippen LogP contribution in [0.2, 0.25) is 0 Å². The molecule has 0 spiro atoms. The first kappa shape index (κ1) is 17.4. The Morgan fingerprint density at radius 2 is 2.08 bits per heavy atom. The molecule has 0 bridgehead atoms. The number of esters is 1. The highest BCUT2D eigenvalue weighted by atomic mass is 32.1. The van der Waals surface area contributed by atoms with Crippen molar-refractivity contribution in [1.29, 1.82) is 0 Å². The van der Waals surface area contributed by atoms with Gasteiger partial charge in [0.15, 0.2) is 6.10 Å². The van der Waals surface area contributed by atoms with Crippen LogP contribution < -0.4 is 4.90 Å². The Hall–Kier alpha value is -2.47. The van der Waals surface area contributed by atoms with Crippen LogP contribution in [0.25, 0.3) is 0 Å². The van der Waals surface area contributed by atoms with Gasteiger partial charge in [-0.05, 0) is 59.5 Å². The monoisotopic (exact) mass is 357 g/mol. The third-order valence-electron chi connectivity index (χ3n) is 4.25. The zero-order chi connectivity index (χ0) is 18.0. The van der Waals surface area contributed by atoms with E-state index in [1.165, 1.54) is 18.3 Å². The van der Waals surface area contributed by atoms with E-state index in [1.807, 2.05) is 16.8 Å². The second kappa shape index (κ2) is 7.19. The van der Waals surface area contributed by atoms with E-state index in [2.05, 4.69) is 0 Å². The van der Waals surface area contributed by atoms with E-state index in [4.69, 9.17) is 4.74 Å². The van der Waals surface area contributed by atoms with Gasteiger partial charge >= 0.3 is 5.97 Å². The molecule has 2 heterocycles. The summed E-state index contributed by atoms with van der Waals surface area (Å²) in [7, 11) is 0. The predicted octanol–water partition coefficient (Wildman–Crippen LogP) is 3.01. The average molecular weight is 357 g/mol. The van der Waals surface area contributed by atoms with Crippen molar-refractivity contribution >= 4 is 34.7 Å². The highest BCUT2D eigenvalue weighted by Gasteiger charge is 2.25. The molecule has 130 valence electrons. The van der Waals surface area contributed by atoms with Crippen LogP contribution in [0.5, 0.6) is 0 Å². The fourth-order valence-corrected chi connectivity index (χ4v) is 3.64. The summed E-state index contributed by atoms with van der Waals surface area (Å²) in [5.41, 5.74) is 3.21. The molecule has 1 aromatic heterocycles. The zero-order valence-electron chi connectivity index (χ0n) is 14.2. The number of ether oxygens (including phenoxy) is 1. The Morgan fingerprint density at radius 1 is 1.28 bits per heavy atom. The van der Waals surface area contributed by atoms with Crippen LogP contribution in [0.4, 0.5) is 5.69 Å². The Kier molecular flexibility index (Phi) is 4.99. The van der Waals surface area contributed by atoms with Crippen LogP contribution in [0.1, 0.15) is 35.3 Å². The second-order valence-corrected chi connectivity index (χ2v) is 6.85. The Labute approximate surface area is 150 Å². The smallest absolute Gasteiger partial charge is 0.311 e. The van der Waals surface area contributed by atoms with E-state index >= 15 is 0 Å². The number of nitrogens with zero attached hydrogens (tertiary/aromatic N) is 1. The third-order valence-corrected chi connectivity index (χ3v) is 4.98. The lowest BCUT2D eigenvalue weighted by Crippen LogP contribution is -2.26. The maximum atomic E-state index is 12.5. The largest absolute Gasteiger partial charge is 0.454 e. The topological polar surface area (TPSA) is 63.7 Å². The number of benzene rings is 1. The summed E-state index contributed by atoms with van der Waals surface area (Å²) >= 11 is 1.51. The molecule has 0 saturated carbocycles. The zero-order valence-corrected chi connectivity index (χ0v) is 15.0. The number of hydrogen-bond donors (Lipinski definition) is 0. The minimum absolute atomic E-state index is 0.00597. The number of carbonyl (C=O) groups is 3. The summed E-state index contributed by atoms with van der Waals surface area (Å²) in [6.07, 6.45) is 0.0517. The quantitative estimate of drug-likeness (QED) is 0.609. The van der Waals surface area contributed by atoms with Crippen LogP contribution >= 0.6 is 11.3 Å². The first-order chi connectivity index (χ1) is 12.0. The molecule has 1 atom stereocenters. The summed E-state index contributed by atoms with van der Waals surface area (Å²) in [6.45, 7) is 3.75. The van der Waals surface area contributed by atoms with Crippen LogP contribution in [0.15, 0.2) is 35.0 Å². The molecule has 3 rings (SSSR count). The number of thiophene rings is 1. The molecule has 2 aromatic rings. The van der Waals surface area contributed by atoms with Crippen molar-refractivity contribution in [3.05, 3.63) is 51.7 Å². The number of hydrogen-bond acceptors (Lipinski definition) is 5. The number of Topliss-reactive ketones (excluding diaryl/α,β-unsaturated/α-hetero) is 1. The van der Waals surface area contributed by atoms with Crippen molar-refractivity contribution < 1.29 is 19.1 Å². The van der Waals surface area contributed by atoms with E-state index in [1.54, 1.807) is 30.0 Å². The highest BCUT2D eigenvalue weighted by Crippen LogP contribution is 2.29. The van der Waals surface area contributed by atoms with Gasteiger partial charge in [0.2, 0.25) is 11.7 Å². The van der Waals surface area contributed by atoms with Crippen molar-refractivity contribution in [2.75, 3.05) is 11.4 Å². The average Bonchev–Trinajstić information content (AvgIpc) is 3.22. The second-order valence-electron chi connectivity index (χ2n) is 6.07. The van der Waals surface area contributed by atoms with E-state index < -0.39 is 12.1 Å². The van der Waals surface area contributed by atoms with Crippen molar-refractivity contribution in [2.24, 2.45) is 0 Å². The fraction of sp³-hybridized carbons (Fsp3) is 0.316. The molecule has 5 nitrogen and oxygen atoms in total. The number of carbonyl (C=O) groups excluding carboxylic acids is 3. The molecule has 1 aliphatic heterocycles. The summed E-state index contributed by atoms with van der Waals surface area (Å²) in [5, 5.41) is 3.78. The molecule has 6 heteroatoms. The van der Waals surface area contributed by atoms with Crippen molar-refractivity contribution in [2.45, 2.75) is 32.8 Å². The standard InChI is InChI=1S/C19H19NO4S/c1-12(24-18(22)9-14-6-8-25-11-14)19(23)16-3-4-17-15(10-16)5-7-20(17)13(2)21/h3-4,6,8,10-12H,5,7,9H2,1-2H3/t12-/m1/s1. The van der Waals surface area contributed by atoms with E-state index in [0.29, 0.717) is 12.1 Å². The van der Waals surface area contributed by atoms with Gasteiger partial charge in [0.05, 0.1) is 6.42 Å². The van der Waals surface area contributed by atoms with E-state index in [-0.39, 0.29) is 18.1 Å². The van der Waals surface area contributed by atoms with Crippen molar-refractivity contribution in [3.8, 4) is 0 Å². The van der Waals surface area contributed by atoms with E-state index in [9.17, 15) is 14.4 Å². The summed E-state index contributed by atoms with van der Waals surface area (Å²) < 4.78 is 5.27. The van der Waals surface area contributed by atoms with Crippen LogP contribution in [-0.2, 0) is 27.2 Å². The lowest BCUT2D eigenvalue weighted by molar-refractivity contribution is -0.145. The van der Waals surface area contributed by atoms with Gasteiger partial charge < -0.3 is 9.64 Å². The number of rotatable bonds is 5. The molecule has 25 heavy (non-hydrogen) atoms. The number of ketones is 1. The molecular weight excluding hydrogens is 338 g/mol. The summed E-state index contributed by atoms with van der Waals surface area (Å²) in [5.74, 6) is -0.653. The number of amides is 1. The normalized spacial score (nSPS) is 14.1. The van der Waals surface area contributed by atoms with Gasteiger partial charge in [-0.25, -0.2) is 0 Å². The molecule has 1 amide bonds. The molecule has 1 aromatic carbocycles. The molecule has 0 fully saturated rings. The molecule has 0 aliphatic carbocycles. The minimum atomic E-state index is -0.838. The fourth-order valence-electron chi connectivity index (χ4n) is 2.97. The van der Waals surface area contributed by atoms with Gasteiger partial charge in [0, 0.05) is 24.7 Å². The molecule has 0 unspecified atom stereocenters. The Bertz CT molecular complexity index is 813.